The predicted octanol–water partition coefficient (Wildman–Crippen LogP) is 9.01. The molecule has 9 heteroatoms. The zero-order valence-corrected chi connectivity index (χ0v) is 32.2. The summed E-state index contributed by atoms with van der Waals surface area (Å²) in [6.07, 6.45) is 1.86. The first-order valence-electron chi connectivity index (χ1n) is 16.0. The van der Waals surface area contributed by atoms with Gasteiger partial charge in [-0.1, -0.05) is 108 Å². The summed E-state index contributed by atoms with van der Waals surface area (Å²) in [7, 11) is -4.00. The van der Waals surface area contributed by atoms with E-state index in [1.54, 1.807) is 16.7 Å². The Hall–Kier alpha value is -1.50. The number of hydrogen-bond donors (Lipinski definition) is 1. The van der Waals surface area contributed by atoms with Gasteiger partial charge in [0.1, 0.15) is 10.1 Å². The third-order valence-corrected chi connectivity index (χ3v) is 20.1. The fourth-order valence-electron chi connectivity index (χ4n) is 4.81. The number of thiocarbonyl (C=S) groups is 1. The molecule has 0 spiro atoms. The summed E-state index contributed by atoms with van der Waals surface area (Å²) in [5, 5.41) is 11.4. The van der Waals surface area contributed by atoms with Crippen LogP contribution >= 0.6 is 24.0 Å². The number of aliphatic hydroxyl groups excluding tert-OH is 1. The highest BCUT2D eigenvalue weighted by Gasteiger charge is 2.41. The minimum Gasteiger partial charge on any atom is -0.544 e. The van der Waals surface area contributed by atoms with E-state index in [2.05, 4.69) is 104 Å². The largest absolute Gasteiger partial charge is 0.544 e. The van der Waals surface area contributed by atoms with Gasteiger partial charge < -0.3 is 14.0 Å². The number of carbonyl (C=O) groups excluding carboxylic acids is 1. The van der Waals surface area contributed by atoms with Crippen LogP contribution in [0.15, 0.2) is 54.6 Å². The van der Waals surface area contributed by atoms with Crippen LogP contribution < -0.4 is 4.43 Å². The first-order valence-corrected chi connectivity index (χ1v) is 23.2. The lowest BCUT2D eigenvalue weighted by Crippen LogP contribution is -2.45. The van der Waals surface area contributed by atoms with Crippen molar-refractivity contribution in [2.45, 2.75) is 128 Å². The van der Waals surface area contributed by atoms with Gasteiger partial charge in [0.2, 0.25) is 14.2 Å². The maximum Gasteiger partial charge on any atom is 0.250 e. The number of amides is 1. The van der Waals surface area contributed by atoms with E-state index in [1.807, 2.05) is 18.2 Å². The number of nitrogens with zero attached hydrogens (tertiary/aromatic N) is 1. The lowest BCUT2D eigenvalue weighted by atomic mass is 10.0. The van der Waals surface area contributed by atoms with E-state index in [4.69, 9.17) is 21.1 Å². The molecule has 1 aliphatic rings. The Morgan fingerprint density at radius 2 is 1.55 bits per heavy atom. The number of rotatable bonds is 13. The maximum atomic E-state index is 13.5. The van der Waals surface area contributed by atoms with Crippen LogP contribution in [-0.4, -0.2) is 60.9 Å². The zero-order chi connectivity index (χ0) is 32.9. The monoisotopic (exact) mass is 673 g/mol. The molecule has 5 nitrogen and oxygen atoms in total. The molecule has 2 aromatic carbocycles. The highest BCUT2D eigenvalue weighted by molar-refractivity contribution is 8.23. The molecule has 1 aliphatic heterocycles. The van der Waals surface area contributed by atoms with Crippen LogP contribution in [0.1, 0.15) is 71.9 Å². The molecule has 1 heterocycles. The Morgan fingerprint density at radius 1 is 0.955 bits per heavy atom. The fourth-order valence-corrected chi connectivity index (χ4v) is 8.69. The third kappa shape index (κ3) is 10.3. The van der Waals surface area contributed by atoms with Gasteiger partial charge in [0.25, 0.3) is 0 Å². The van der Waals surface area contributed by atoms with Crippen molar-refractivity contribution >= 4 is 50.8 Å². The summed E-state index contributed by atoms with van der Waals surface area (Å²) in [4.78, 5) is 15.2. The number of hydrogen-bond acceptors (Lipinski definition) is 6. The molecule has 3 rings (SSSR count). The van der Waals surface area contributed by atoms with Crippen molar-refractivity contribution in [3.05, 3.63) is 65.7 Å². The fraction of sp³-hybridized carbons (Fsp3) is 0.600. The van der Waals surface area contributed by atoms with E-state index >= 15 is 0 Å². The smallest absolute Gasteiger partial charge is 0.250 e. The van der Waals surface area contributed by atoms with Gasteiger partial charge in [0, 0.05) is 11.9 Å². The zero-order valence-electron chi connectivity index (χ0n) is 28.6. The van der Waals surface area contributed by atoms with Crippen molar-refractivity contribution < 1.29 is 18.8 Å². The molecular formula is C35H55NO4S2Si2. The number of aliphatic hydroxyl groups is 1. The molecule has 44 heavy (non-hydrogen) atoms. The van der Waals surface area contributed by atoms with Crippen LogP contribution in [0.2, 0.25) is 36.3 Å². The van der Waals surface area contributed by atoms with E-state index in [-0.39, 0.29) is 34.6 Å². The van der Waals surface area contributed by atoms with E-state index in [1.165, 1.54) is 11.1 Å². The van der Waals surface area contributed by atoms with Crippen molar-refractivity contribution in [2.24, 2.45) is 0 Å². The highest BCUT2D eigenvalue weighted by atomic mass is 32.2. The van der Waals surface area contributed by atoms with Crippen LogP contribution in [0, 0.1) is 0 Å². The molecule has 0 saturated carbocycles. The lowest BCUT2D eigenvalue weighted by Gasteiger charge is -2.40. The van der Waals surface area contributed by atoms with E-state index in [9.17, 15) is 9.90 Å². The minimum absolute atomic E-state index is 0.0115. The molecule has 0 radical (unpaired) electrons. The van der Waals surface area contributed by atoms with Gasteiger partial charge in [-0.2, -0.15) is 0 Å². The molecule has 1 amide bonds. The maximum absolute atomic E-state index is 13.5. The summed E-state index contributed by atoms with van der Waals surface area (Å²) < 4.78 is 13.9. The third-order valence-electron chi connectivity index (χ3n) is 9.61. The first-order chi connectivity index (χ1) is 20.3. The Bertz CT molecular complexity index is 1240. The Kier molecular flexibility index (Phi) is 12.6. The predicted molar refractivity (Wildman–Crippen MR) is 196 cm³/mol. The molecule has 0 bridgehead atoms. The summed E-state index contributed by atoms with van der Waals surface area (Å²) >= 11 is 7.13. The topological polar surface area (TPSA) is 59.0 Å². The van der Waals surface area contributed by atoms with Crippen molar-refractivity contribution in [3.8, 4) is 5.75 Å². The Morgan fingerprint density at radius 3 is 2.11 bits per heavy atom. The van der Waals surface area contributed by atoms with Crippen LogP contribution in [-0.2, 0) is 22.1 Å². The van der Waals surface area contributed by atoms with Gasteiger partial charge in [-0.25, -0.2) is 0 Å². The SMILES string of the molecule is CC(C)(C)[Si](C)(C)Oc1ccc(CC[C@@H](C[C@@H](O)CC(=O)N2C(=S)SC[C@@H]2Cc2ccccc2)O[Si](C)(C)C(C)(C)C)cc1. The molecule has 244 valence electrons. The molecule has 0 aromatic heterocycles. The second-order valence-corrected chi connectivity index (χ2v) is 26.5. The molecule has 2 aromatic rings. The molecule has 0 unspecified atom stereocenters. The van der Waals surface area contributed by atoms with Crippen molar-refractivity contribution in [2.75, 3.05) is 5.75 Å². The van der Waals surface area contributed by atoms with E-state index < -0.39 is 22.7 Å². The Labute approximate surface area is 278 Å². The number of carbonyl (C=O) groups is 1. The number of benzene rings is 2. The van der Waals surface area contributed by atoms with Gasteiger partial charge in [-0.3, -0.25) is 9.69 Å². The van der Waals surface area contributed by atoms with Gasteiger partial charge in [-0.05, 0) is 85.2 Å². The van der Waals surface area contributed by atoms with E-state index in [0.29, 0.717) is 10.7 Å². The van der Waals surface area contributed by atoms with Crippen molar-refractivity contribution in [3.63, 3.8) is 0 Å². The Balaban J connectivity index is 1.66. The van der Waals surface area contributed by atoms with Gasteiger partial charge in [-0.15, -0.1) is 0 Å². The normalized spacial score (nSPS) is 17.9. The average molecular weight is 674 g/mol. The van der Waals surface area contributed by atoms with E-state index in [0.717, 1.165) is 30.8 Å². The molecular weight excluding hydrogens is 619 g/mol. The number of aryl methyl sites for hydroxylation is 1. The molecule has 1 N–H and O–H groups in total. The summed E-state index contributed by atoms with van der Waals surface area (Å²) in [5.74, 6) is 1.61. The van der Waals surface area contributed by atoms with Crippen molar-refractivity contribution in [1.82, 2.24) is 4.90 Å². The van der Waals surface area contributed by atoms with Gasteiger partial charge in [0.15, 0.2) is 8.32 Å². The highest BCUT2D eigenvalue weighted by Crippen LogP contribution is 2.39. The molecule has 3 atom stereocenters. The van der Waals surface area contributed by atoms with Crippen LogP contribution in [0.3, 0.4) is 0 Å². The standard InChI is InChI=1S/C35H55NO4S2Si2/c1-34(2,3)43(7,8)39-30-19-16-26(17-20-30)18-21-31(40-44(9,10)35(4,5)6)23-29(37)24-32(38)36-28(25-42-33(36)41)22-27-14-12-11-13-15-27/h11-17,19-20,28-29,31,37H,18,21-25H2,1-10H3/t28-,29+,31-/m0/s1. The summed E-state index contributed by atoms with van der Waals surface area (Å²) in [5.41, 5.74) is 2.40. The number of thioether (sulfide) groups is 1. The molecule has 1 saturated heterocycles. The second kappa shape index (κ2) is 14.9. The van der Waals surface area contributed by atoms with Crippen LogP contribution in [0.5, 0.6) is 5.75 Å². The van der Waals surface area contributed by atoms with Crippen LogP contribution in [0.25, 0.3) is 0 Å². The van der Waals surface area contributed by atoms with Crippen molar-refractivity contribution in [1.29, 1.82) is 0 Å². The molecule has 0 aliphatic carbocycles. The van der Waals surface area contributed by atoms with Crippen LogP contribution in [0.4, 0.5) is 0 Å². The first kappa shape index (κ1) is 37.0. The molecule has 1 fully saturated rings. The summed E-state index contributed by atoms with van der Waals surface area (Å²) in [6, 6.07) is 18.7. The summed E-state index contributed by atoms with van der Waals surface area (Å²) in [6.45, 7) is 22.5. The minimum atomic E-state index is -2.10. The van der Waals surface area contributed by atoms with Gasteiger partial charge >= 0.3 is 0 Å². The lowest BCUT2D eigenvalue weighted by molar-refractivity contribution is -0.130. The quantitative estimate of drug-likeness (QED) is 0.169. The van der Waals surface area contributed by atoms with Gasteiger partial charge in [0.05, 0.1) is 18.6 Å². The second-order valence-electron chi connectivity index (χ2n) is 15.3. The average Bonchev–Trinajstić information content (AvgIpc) is 3.26.